The molecule has 1 aliphatic rings. The van der Waals surface area contributed by atoms with Crippen LogP contribution in [-0.2, 0) is 11.2 Å². The number of unbranched alkanes of at least 4 members (excludes halogenated alkanes) is 1. The first-order valence-electron chi connectivity index (χ1n) is 12.0. The second-order valence-corrected chi connectivity index (χ2v) is 8.67. The second-order valence-electron chi connectivity index (χ2n) is 8.67. The Labute approximate surface area is 199 Å². The molecule has 0 saturated carbocycles. The Morgan fingerprint density at radius 2 is 1.65 bits per heavy atom. The number of benzene rings is 2. The number of hydrogen-bond donors (Lipinski definition) is 0. The van der Waals surface area contributed by atoms with E-state index >= 15 is 0 Å². The van der Waals surface area contributed by atoms with Crippen LogP contribution in [0.2, 0.25) is 0 Å². The molecule has 2 aromatic heterocycles. The molecule has 1 saturated heterocycles. The predicted molar refractivity (Wildman–Crippen MR) is 133 cm³/mol. The van der Waals surface area contributed by atoms with Crippen LogP contribution in [0.25, 0.3) is 22.4 Å². The molecule has 7 heteroatoms. The number of hydrogen-bond acceptors (Lipinski definition) is 6. The SMILES string of the molecule is CCCCC(=O)N1CCN(c2nc(Cc3ccccc3)nc3onc(-c4ccccc4)c23)CC1. The Kier molecular flexibility index (Phi) is 6.51. The summed E-state index contributed by atoms with van der Waals surface area (Å²) >= 11 is 0. The van der Waals surface area contributed by atoms with Gasteiger partial charge < -0.3 is 14.3 Å². The monoisotopic (exact) mass is 455 g/mol. The fraction of sp³-hybridized carbons (Fsp3) is 0.333. The predicted octanol–water partition coefficient (Wildman–Crippen LogP) is 4.71. The lowest BCUT2D eigenvalue weighted by molar-refractivity contribution is -0.131. The fourth-order valence-electron chi connectivity index (χ4n) is 4.41. The van der Waals surface area contributed by atoms with Crippen LogP contribution in [0.15, 0.2) is 65.2 Å². The van der Waals surface area contributed by atoms with E-state index in [-0.39, 0.29) is 5.91 Å². The number of carbonyl (C=O) groups is 1. The zero-order chi connectivity index (χ0) is 23.3. The molecule has 174 valence electrons. The Morgan fingerprint density at radius 1 is 0.941 bits per heavy atom. The van der Waals surface area contributed by atoms with Gasteiger partial charge in [-0.05, 0) is 12.0 Å². The molecule has 1 amide bonds. The van der Waals surface area contributed by atoms with Gasteiger partial charge in [-0.1, -0.05) is 79.2 Å². The van der Waals surface area contributed by atoms with Gasteiger partial charge in [0.25, 0.3) is 5.71 Å². The molecule has 3 heterocycles. The number of amides is 1. The summed E-state index contributed by atoms with van der Waals surface area (Å²) in [7, 11) is 0. The van der Waals surface area contributed by atoms with Gasteiger partial charge in [0, 0.05) is 44.6 Å². The smallest absolute Gasteiger partial charge is 0.263 e. The summed E-state index contributed by atoms with van der Waals surface area (Å²) in [6.45, 7) is 4.92. The van der Waals surface area contributed by atoms with Crippen molar-refractivity contribution in [3.05, 3.63) is 72.1 Å². The summed E-state index contributed by atoms with van der Waals surface area (Å²) in [5.74, 6) is 1.77. The Bertz CT molecular complexity index is 1250. The standard InChI is InChI=1S/C27H29N5O2/c1-2-3-14-23(33)31-15-17-32(18-16-31)26-24-25(21-12-8-5-9-13-21)30-34-27(24)29-22(28-26)19-20-10-6-4-7-11-20/h4-13H,2-3,14-19H2,1H3. The lowest BCUT2D eigenvalue weighted by Gasteiger charge is -2.35. The van der Waals surface area contributed by atoms with Crippen molar-refractivity contribution in [2.45, 2.75) is 32.6 Å². The van der Waals surface area contributed by atoms with Crippen LogP contribution in [0.4, 0.5) is 5.82 Å². The van der Waals surface area contributed by atoms with E-state index < -0.39 is 0 Å². The minimum atomic E-state index is 0.244. The van der Waals surface area contributed by atoms with E-state index in [0.29, 0.717) is 50.6 Å². The lowest BCUT2D eigenvalue weighted by Crippen LogP contribution is -2.49. The largest absolute Gasteiger partial charge is 0.352 e. The number of aromatic nitrogens is 3. The number of anilines is 1. The van der Waals surface area contributed by atoms with Crippen molar-refractivity contribution in [3.8, 4) is 11.3 Å². The maximum Gasteiger partial charge on any atom is 0.263 e. The fourth-order valence-corrected chi connectivity index (χ4v) is 4.41. The average molecular weight is 456 g/mol. The van der Waals surface area contributed by atoms with Gasteiger partial charge in [0.2, 0.25) is 5.91 Å². The first-order valence-corrected chi connectivity index (χ1v) is 12.0. The molecule has 0 bridgehead atoms. The molecule has 4 aromatic rings. The van der Waals surface area contributed by atoms with Crippen LogP contribution in [-0.4, -0.2) is 52.1 Å². The second kappa shape index (κ2) is 10.0. The van der Waals surface area contributed by atoms with Gasteiger partial charge in [-0.15, -0.1) is 0 Å². The number of carbonyl (C=O) groups excluding carboxylic acids is 1. The van der Waals surface area contributed by atoms with Crippen molar-refractivity contribution in [2.75, 3.05) is 31.1 Å². The third-order valence-corrected chi connectivity index (χ3v) is 6.29. The van der Waals surface area contributed by atoms with Gasteiger partial charge in [-0.3, -0.25) is 4.79 Å². The molecule has 34 heavy (non-hydrogen) atoms. The molecule has 2 aromatic carbocycles. The van der Waals surface area contributed by atoms with Gasteiger partial charge in [0.05, 0.1) is 0 Å². The summed E-state index contributed by atoms with van der Waals surface area (Å²) in [5, 5.41) is 5.20. The highest BCUT2D eigenvalue weighted by Crippen LogP contribution is 2.34. The Morgan fingerprint density at radius 3 is 2.35 bits per heavy atom. The molecular weight excluding hydrogens is 426 g/mol. The van der Waals surface area contributed by atoms with Crippen LogP contribution in [0.5, 0.6) is 0 Å². The zero-order valence-electron chi connectivity index (χ0n) is 19.5. The van der Waals surface area contributed by atoms with Gasteiger partial charge >= 0.3 is 0 Å². The first-order chi connectivity index (χ1) is 16.7. The van der Waals surface area contributed by atoms with E-state index in [1.165, 1.54) is 0 Å². The van der Waals surface area contributed by atoms with Crippen molar-refractivity contribution < 1.29 is 9.32 Å². The van der Waals surface area contributed by atoms with Crippen molar-refractivity contribution in [3.63, 3.8) is 0 Å². The van der Waals surface area contributed by atoms with E-state index in [2.05, 4.69) is 29.1 Å². The molecule has 0 aliphatic carbocycles. The van der Waals surface area contributed by atoms with Crippen LogP contribution in [0.3, 0.4) is 0 Å². The summed E-state index contributed by atoms with van der Waals surface area (Å²) in [6, 6.07) is 20.2. The molecule has 1 fully saturated rings. The minimum absolute atomic E-state index is 0.244. The van der Waals surface area contributed by atoms with Gasteiger partial charge in [-0.25, -0.2) is 4.98 Å². The highest BCUT2D eigenvalue weighted by molar-refractivity contribution is 5.98. The molecule has 0 spiro atoms. The van der Waals surface area contributed by atoms with Crippen LogP contribution in [0, 0.1) is 0 Å². The normalized spacial score (nSPS) is 14.0. The van der Waals surface area contributed by atoms with Gasteiger partial charge in [0.15, 0.2) is 0 Å². The summed E-state index contributed by atoms with van der Waals surface area (Å²) in [5.41, 5.74) is 3.35. The topological polar surface area (TPSA) is 75.4 Å². The number of rotatable bonds is 7. The third-order valence-electron chi connectivity index (χ3n) is 6.29. The van der Waals surface area contributed by atoms with Gasteiger partial charge in [-0.2, -0.15) is 4.98 Å². The number of piperazine rings is 1. The third kappa shape index (κ3) is 4.64. The lowest BCUT2D eigenvalue weighted by atomic mass is 10.1. The van der Waals surface area contributed by atoms with E-state index in [0.717, 1.165) is 40.9 Å². The average Bonchev–Trinajstić information content (AvgIpc) is 3.32. The van der Waals surface area contributed by atoms with Crippen LogP contribution < -0.4 is 4.90 Å². The van der Waals surface area contributed by atoms with Crippen molar-refractivity contribution in [2.24, 2.45) is 0 Å². The highest BCUT2D eigenvalue weighted by Gasteiger charge is 2.27. The van der Waals surface area contributed by atoms with E-state index in [9.17, 15) is 4.79 Å². The zero-order valence-corrected chi connectivity index (χ0v) is 19.5. The minimum Gasteiger partial charge on any atom is -0.352 e. The summed E-state index contributed by atoms with van der Waals surface area (Å²) in [4.78, 5) is 26.5. The molecule has 0 unspecified atom stereocenters. The Balaban J connectivity index is 1.49. The molecule has 7 nitrogen and oxygen atoms in total. The number of fused-ring (bicyclic) bond motifs is 1. The van der Waals surface area contributed by atoms with Crippen LogP contribution in [0.1, 0.15) is 37.6 Å². The maximum atomic E-state index is 12.5. The molecule has 5 rings (SSSR count). The van der Waals surface area contributed by atoms with E-state index in [1.54, 1.807) is 0 Å². The Hall–Kier alpha value is -3.74. The van der Waals surface area contributed by atoms with Crippen molar-refractivity contribution >= 4 is 22.8 Å². The quantitative estimate of drug-likeness (QED) is 0.402. The number of nitrogens with zero attached hydrogens (tertiary/aromatic N) is 5. The first kappa shape index (κ1) is 22.1. The molecule has 1 aliphatic heterocycles. The molecular formula is C27H29N5O2. The highest BCUT2D eigenvalue weighted by atomic mass is 16.5. The van der Waals surface area contributed by atoms with Gasteiger partial charge in [0.1, 0.15) is 22.7 Å². The summed E-state index contributed by atoms with van der Waals surface area (Å²) < 4.78 is 5.72. The van der Waals surface area contributed by atoms with Crippen molar-refractivity contribution in [1.82, 2.24) is 20.0 Å². The van der Waals surface area contributed by atoms with Crippen LogP contribution >= 0.6 is 0 Å². The molecule has 0 atom stereocenters. The van der Waals surface area contributed by atoms with E-state index in [4.69, 9.17) is 14.5 Å². The molecule has 0 N–H and O–H groups in total. The van der Waals surface area contributed by atoms with E-state index in [1.807, 2.05) is 53.4 Å². The molecule has 0 radical (unpaired) electrons. The maximum absolute atomic E-state index is 12.5. The summed E-state index contributed by atoms with van der Waals surface area (Å²) in [6.07, 6.45) is 3.21. The van der Waals surface area contributed by atoms with Crippen molar-refractivity contribution in [1.29, 1.82) is 0 Å².